The predicted molar refractivity (Wildman–Crippen MR) is 72.8 cm³/mol. The summed E-state index contributed by atoms with van der Waals surface area (Å²) < 4.78 is 0. The number of rotatable bonds is 3. The van der Waals surface area contributed by atoms with Crippen molar-refractivity contribution in [3.63, 3.8) is 0 Å². The number of guanidine groups is 1. The fourth-order valence-corrected chi connectivity index (χ4v) is 1.44. The van der Waals surface area contributed by atoms with Gasteiger partial charge in [-0.3, -0.25) is 10.4 Å². The molecule has 1 heterocycles. The summed E-state index contributed by atoms with van der Waals surface area (Å²) in [5, 5.41) is 3.09. The number of nitrogens with zero attached hydrogens (tertiary/aromatic N) is 2. The van der Waals surface area contributed by atoms with Gasteiger partial charge in [-0.25, -0.2) is 10.8 Å². The number of anilines is 1. The smallest absolute Gasteiger partial charge is 0.210 e. The van der Waals surface area contributed by atoms with E-state index >= 15 is 0 Å². The number of pyridine rings is 1. The summed E-state index contributed by atoms with van der Waals surface area (Å²) in [6.45, 7) is 0.521. The van der Waals surface area contributed by atoms with Crippen LogP contribution in [0.3, 0.4) is 0 Å². The lowest BCUT2D eigenvalue weighted by molar-refractivity contribution is 0.963. The fraction of sp³-hybridized carbons (Fsp3) is 0.0769. The van der Waals surface area contributed by atoms with E-state index in [1.165, 1.54) is 0 Å². The molecule has 0 radical (unpaired) electrons. The highest BCUT2D eigenvalue weighted by molar-refractivity contribution is 5.93. The van der Waals surface area contributed by atoms with E-state index in [2.05, 4.69) is 20.7 Å². The van der Waals surface area contributed by atoms with Gasteiger partial charge in [0.05, 0.1) is 6.54 Å². The topological polar surface area (TPSA) is 75.3 Å². The molecule has 1 aromatic carbocycles. The van der Waals surface area contributed by atoms with Crippen molar-refractivity contribution in [2.24, 2.45) is 10.8 Å². The quantitative estimate of drug-likeness (QED) is 0.329. The summed E-state index contributed by atoms with van der Waals surface area (Å²) in [4.78, 5) is 8.37. The third kappa shape index (κ3) is 3.57. The molecule has 1 aromatic heterocycles. The Kier molecular flexibility index (Phi) is 4.27. The fourth-order valence-electron chi connectivity index (χ4n) is 1.44. The van der Waals surface area contributed by atoms with E-state index in [1.807, 2.05) is 42.5 Å². The molecule has 0 atom stereocenters. The van der Waals surface area contributed by atoms with Crippen molar-refractivity contribution in [1.29, 1.82) is 0 Å². The second-order valence-corrected chi connectivity index (χ2v) is 3.66. The van der Waals surface area contributed by atoms with Crippen LogP contribution in [-0.4, -0.2) is 10.9 Å². The number of aliphatic imine (C=N–C) groups is 1. The minimum atomic E-state index is 0.519. The van der Waals surface area contributed by atoms with Crippen molar-refractivity contribution in [2.75, 3.05) is 5.32 Å². The van der Waals surface area contributed by atoms with Crippen molar-refractivity contribution in [1.82, 2.24) is 10.4 Å². The number of hydrogen-bond acceptors (Lipinski definition) is 3. The van der Waals surface area contributed by atoms with Crippen molar-refractivity contribution < 1.29 is 0 Å². The van der Waals surface area contributed by atoms with Crippen LogP contribution >= 0.6 is 0 Å². The SMILES string of the molecule is NNC(=NCc1cccnc1)Nc1ccccc1. The van der Waals surface area contributed by atoms with Crippen molar-refractivity contribution >= 4 is 11.6 Å². The van der Waals surface area contributed by atoms with Crippen LogP contribution in [0, 0.1) is 0 Å². The lowest BCUT2D eigenvalue weighted by Crippen LogP contribution is -2.36. The average molecular weight is 241 g/mol. The first kappa shape index (κ1) is 12.1. The van der Waals surface area contributed by atoms with Crippen LogP contribution in [0.4, 0.5) is 5.69 Å². The number of para-hydroxylation sites is 1. The Morgan fingerprint density at radius 1 is 1.17 bits per heavy atom. The van der Waals surface area contributed by atoms with Gasteiger partial charge in [0.1, 0.15) is 0 Å². The number of nitrogens with two attached hydrogens (primary N) is 1. The van der Waals surface area contributed by atoms with Gasteiger partial charge < -0.3 is 5.32 Å². The zero-order valence-electron chi connectivity index (χ0n) is 9.88. The van der Waals surface area contributed by atoms with Crippen LogP contribution in [0.5, 0.6) is 0 Å². The van der Waals surface area contributed by atoms with Gasteiger partial charge in [0.15, 0.2) is 0 Å². The normalized spacial score (nSPS) is 11.1. The first-order valence-electron chi connectivity index (χ1n) is 5.60. The van der Waals surface area contributed by atoms with Gasteiger partial charge >= 0.3 is 0 Å². The highest BCUT2D eigenvalue weighted by atomic mass is 15.3. The maximum atomic E-state index is 5.43. The molecule has 0 amide bonds. The molecule has 0 aliphatic rings. The Hall–Kier alpha value is -2.40. The first-order chi connectivity index (χ1) is 8.88. The van der Waals surface area contributed by atoms with Crippen LogP contribution in [0.1, 0.15) is 5.56 Å². The Labute approximate surface area is 106 Å². The van der Waals surface area contributed by atoms with Gasteiger partial charge in [-0.1, -0.05) is 24.3 Å². The van der Waals surface area contributed by atoms with Gasteiger partial charge in [-0.2, -0.15) is 0 Å². The molecule has 92 valence electrons. The monoisotopic (exact) mass is 241 g/mol. The van der Waals surface area contributed by atoms with Crippen LogP contribution < -0.4 is 16.6 Å². The largest absolute Gasteiger partial charge is 0.325 e. The molecule has 0 saturated heterocycles. The number of hydrazine groups is 1. The standard InChI is InChI=1S/C13H15N5/c14-18-13(17-12-6-2-1-3-7-12)16-10-11-5-4-8-15-9-11/h1-9H,10,14H2,(H2,16,17,18). The molecule has 5 nitrogen and oxygen atoms in total. The number of benzene rings is 1. The Balaban J connectivity index is 2.00. The summed E-state index contributed by atoms with van der Waals surface area (Å²) in [6, 6.07) is 13.6. The van der Waals surface area contributed by atoms with E-state index in [4.69, 9.17) is 5.84 Å². The molecule has 4 N–H and O–H groups in total. The van der Waals surface area contributed by atoms with E-state index in [0.717, 1.165) is 11.3 Å². The molecule has 5 heteroatoms. The maximum Gasteiger partial charge on any atom is 0.210 e. The number of hydrogen-bond donors (Lipinski definition) is 3. The molecular formula is C13H15N5. The molecule has 0 fully saturated rings. The van der Waals surface area contributed by atoms with E-state index in [1.54, 1.807) is 12.4 Å². The van der Waals surface area contributed by atoms with Crippen molar-refractivity contribution in [3.8, 4) is 0 Å². The average Bonchev–Trinajstić information content (AvgIpc) is 2.45. The third-order valence-corrected chi connectivity index (χ3v) is 2.32. The lowest BCUT2D eigenvalue weighted by atomic mass is 10.3. The summed E-state index contributed by atoms with van der Waals surface area (Å²) >= 11 is 0. The molecule has 0 saturated carbocycles. The van der Waals surface area contributed by atoms with Crippen molar-refractivity contribution in [3.05, 3.63) is 60.4 Å². The Bertz CT molecular complexity index is 495. The zero-order chi connectivity index (χ0) is 12.6. The molecule has 0 bridgehead atoms. The lowest BCUT2D eigenvalue weighted by Gasteiger charge is -2.08. The molecule has 2 rings (SSSR count). The summed E-state index contributed by atoms with van der Waals surface area (Å²) in [5.74, 6) is 5.94. The van der Waals surface area contributed by atoms with E-state index < -0.39 is 0 Å². The zero-order valence-corrected chi connectivity index (χ0v) is 9.88. The first-order valence-corrected chi connectivity index (χ1v) is 5.60. The molecule has 0 aliphatic carbocycles. The molecule has 0 aliphatic heterocycles. The Morgan fingerprint density at radius 3 is 2.67 bits per heavy atom. The van der Waals surface area contributed by atoms with Gasteiger partial charge in [0.25, 0.3) is 0 Å². The summed E-state index contributed by atoms with van der Waals surface area (Å²) in [5.41, 5.74) is 4.50. The van der Waals surface area contributed by atoms with Crippen LogP contribution in [-0.2, 0) is 6.54 Å². The van der Waals surface area contributed by atoms with Crippen molar-refractivity contribution in [2.45, 2.75) is 6.54 Å². The summed E-state index contributed by atoms with van der Waals surface area (Å²) in [6.07, 6.45) is 3.51. The van der Waals surface area contributed by atoms with Gasteiger partial charge in [0.2, 0.25) is 5.96 Å². The highest BCUT2D eigenvalue weighted by Gasteiger charge is 1.97. The summed E-state index contributed by atoms with van der Waals surface area (Å²) in [7, 11) is 0. The minimum Gasteiger partial charge on any atom is -0.325 e. The maximum absolute atomic E-state index is 5.43. The predicted octanol–water partition coefficient (Wildman–Crippen LogP) is 1.51. The number of aromatic nitrogens is 1. The second kappa shape index (κ2) is 6.36. The van der Waals surface area contributed by atoms with Crippen LogP contribution in [0.15, 0.2) is 59.9 Å². The molecule has 0 unspecified atom stereocenters. The third-order valence-electron chi connectivity index (χ3n) is 2.32. The van der Waals surface area contributed by atoms with E-state index in [0.29, 0.717) is 12.5 Å². The second-order valence-electron chi connectivity index (χ2n) is 3.66. The molecular weight excluding hydrogens is 226 g/mol. The Morgan fingerprint density at radius 2 is 2.00 bits per heavy atom. The minimum absolute atomic E-state index is 0.519. The molecule has 0 spiro atoms. The van der Waals surface area contributed by atoms with Gasteiger partial charge in [-0.05, 0) is 23.8 Å². The van der Waals surface area contributed by atoms with Crippen LogP contribution in [0.2, 0.25) is 0 Å². The van der Waals surface area contributed by atoms with Crippen LogP contribution in [0.25, 0.3) is 0 Å². The van der Waals surface area contributed by atoms with E-state index in [-0.39, 0.29) is 0 Å². The van der Waals surface area contributed by atoms with Gasteiger partial charge in [-0.15, -0.1) is 0 Å². The molecule has 2 aromatic rings. The number of nitrogens with one attached hydrogen (secondary N) is 2. The van der Waals surface area contributed by atoms with E-state index in [9.17, 15) is 0 Å². The molecule has 18 heavy (non-hydrogen) atoms. The van der Waals surface area contributed by atoms with Gasteiger partial charge in [0, 0.05) is 18.1 Å². The highest BCUT2D eigenvalue weighted by Crippen LogP contribution is 2.05.